The SMILES string of the molecule is Cc1cc(CN)c(Br)cc1C(F)(F)F. The van der Waals surface area contributed by atoms with E-state index in [9.17, 15) is 13.2 Å². The van der Waals surface area contributed by atoms with Crippen molar-refractivity contribution in [3.8, 4) is 0 Å². The number of hydrogen-bond acceptors (Lipinski definition) is 1. The van der Waals surface area contributed by atoms with Gasteiger partial charge in [0.25, 0.3) is 0 Å². The average Bonchev–Trinajstić information content (AvgIpc) is 2.06. The fourth-order valence-corrected chi connectivity index (χ4v) is 1.71. The standard InChI is InChI=1S/C9H9BrF3N/c1-5-2-6(4-14)8(10)3-7(5)9(11,12)13/h2-3H,4,14H2,1H3. The highest BCUT2D eigenvalue weighted by molar-refractivity contribution is 9.10. The largest absolute Gasteiger partial charge is 0.416 e. The monoisotopic (exact) mass is 267 g/mol. The summed E-state index contributed by atoms with van der Waals surface area (Å²) < 4.78 is 37.6. The summed E-state index contributed by atoms with van der Waals surface area (Å²) in [4.78, 5) is 0. The molecule has 1 rings (SSSR count). The van der Waals surface area contributed by atoms with E-state index in [-0.39, 0.29) is 12.1 Å². The van der Waals surface area contributed by atoms with Crippen molar-refractivity contribution < 1.29 is 13.2 Å². The van der Waals surface area contributed by atoms with Crippen molar-refractivity contribution in [3.05, 3.63) is 33.3 Å². The van der Waals surface area contributed by atoms with Crippen LogP contribution in [0.25, 0.3) is 0 Å². The molecule has 0 bridgehead atoms. The Labute approximate surface area is 88.2 Å². The first-order valence-electron chi connectivity index (χ1n) is 3.92. The number of alkyl halides is 3. The Bertz CT molecular complexity index is 347. The summed E-state index contributed by atoms with van der Waals surface area (Å²) in [6.45, 7) is 1.65. The molecular weight excluding hydrogens is 259 g/mol. The van der Waals surface area contributed by atoms with Crippen LogP contribution in [0.5, 0.6) is 0 Å². The molecule has 0 amide bonds. The molecule has 2 N–H and O–H groups in total. The van der Waals surface area contributed by atoms with Crippen LogP contribution in [0, 0.1) is 6.92 Å². The van der Waals surface area contributed by atoms with Crippen LogP contribution in [0.2, 0.25) is 0 Å². The molecule has 0 heterocycles. The molecule has 14 heavy (non-hydrogen) atoms. The summed E-state index contributed by atoms with van der Waals surface area (Å²) in [5, 5.41) is 0. The van der Waals surface area contributed by atoms with Gasteiger partial charge in [0.15, 0.2) is 0 Å². The molecule has 1 aromatic carbocycles. The topological polar surface area (TPSA) is 26.0 Å². The molecule has 0 unspecified atom stereocenters. The van der Waals surface area contributed by atoms with E-state index in [2.05, 4.69) is 15.9 Å². The smallest absolute Gasteiger partial charge is 0.326 e. The maximum Gasteiger partial charge on any atom is 0.416 e. The van der Waals surface area contributed by atoms with Gasteiger partial charge in [-0.1, -0.05) is 22.0 Å². The van der Waals surface area contributed by atoms with Gasteiger partial charge in [0, 0.05) is 11.0 Å². The molecule has 5 heteroatoms. The quantitative estimate of drug-likeness (QED) is 0.831. The number of nitrogens with two attached hydrogens (primary N) is 1. The van der Waals surface area contributed by atoms with Gasteiger partial charge in [0.05, 0.1) is 5.56 Å². The van der Waals surface area contributed by atoms with Crippen LogP contribution in [0.15, 0.2) is 16.6 Å². The van der Waals surface area contributed by atoms with E-state index in [1.54, 1.807) is 0 Å². The molecule has 0 radical (unpaired) electrons. The van der Waals surface area contributed by atoms with Gasteiger partial charge in [-0.3, -0.25) is 0 Å². The lowest BCUT2D eigenvalue weighted by Crippen LogP contribution is -2.09. The third kappa shape index (κ3) is 2.27. The highest BCUT2D eigenvalue weighted by Crippen LogP contribution is 2.34. The average molecular weight is 268 g/mol. The summed E-state index contributed by atoms with van der Waals surface area (Å²) in [7, 11) is 0. The van der Waals surface area contributed by atoms with Crippen molar-refractivity contribution in [2.75, 3.05) is 0 Å². The van der Waals surface area contributed by atoms with Crippen LogP contribution in [0.1, 0.15) is 16.7 Å². The van der Waals surface area contributed by atoms with E-state index < -0.39 is 11.7 Å². The molecule has 0 spiro atoms. The van der Waals surface area contributed by atoms with E-state index >= 15 is 0 Å². The van der Waals surface area contributed by atoms with E-state index in [1.807, 2.05) is 0 Å². The van der Waals surface area contributed by atoms with Crippen LogP contribution in [-0.2, 0) is 12.7 Å². The van der Waals surface area contributed by atoms with Gasteiger partial charge >= 0.3 is 6.18 Å². The maximum absolute atomic E-state index is 12.4. The van der Waals surface area contributed by atoms with Gasteiger partial charge in [0.1, 0.15) is 0 Å². The van der Waals surface area contributed by atoms with Crippen LogP contribution in [0.4, 0.5) is 13.2 Å². The number of aryl methyl sites for hydroxylation is 1. The van der Waals surface area contributed by atoms with Gasteiger partial charge in [-0.05, 0) is 24.1 Å². The summed E-state index contributed by atoms with van der Waals surface area (Å²) >= 11 is 3.05. The van der Waals surface area contributed by atoms with Gasteiger partial charge in [-0.2, -0.15) is 13.2 Å². The molecule has 0 saturated carbocycles. The Morgan fingerprint density at radius 3 is 2.36 bits per heavy atom. The Morgan fingerprint density at radius 2 is 1.93 bits per heavy atom. The first-order valence-corrected chi connectivity index (χ1v) is 4.72. The zero-order valence-electron chi connectivity index (χ0n) is 7.45. The van der Waals surface area contributed by atoms with Crippen LogP contribution in [-0.4, -0.2) is 0 Å². The summed E-state index contributed by atoms with van der Waals surface area (Å²) in [5.74, 6) is 0. The lowest BCUT2D eigenvalue weighted by atomic mass is 10.0. The number of rotatable bonds is 1. The Balaban J connectivity index is 3.29. The third-order valence-electron chi connectivity index (χ3n) is 1.92. The minimum atomic E-state index is -4.31. The Kier molecular flexibility index (Phi) is 3.21. The Hall–Kier alpha value is -0.550. The van der Waals surface area contributed by atoms with Gasteiger partial charge in [-0.25, -0.2) is 0 Å². The highest BCUT2D eigenvalue weighted by Gasteiger charge is 2.32. The van der Waals surface area contributed by atoms with Crippen molar-refractivity contribution >= 4 is 15.9 Å². The van der Waals surface area contributed by atoms with E-state index in [0.717, 1.165) is 6.07 Å². The second kappa shape index (κ2) is 3.90. The summed E-state index contributed by atoms with van der Waals surface area (Å²) in [6, 6.07) is 2.52. The fraction of sp³-hybridized carbons (Fsp3) is 0.333. The van der Waals surface area contributed by atoms with Gasteiger partial charge in [0.2, 0.25) is 0 Å². The Morgan fingerprint density at radius 1 is 1.36 bits per heavy atom. The van der Waals surface area contributed by atoms with Crippen molar-refractivity contribution in [3.63, 3.8) is 0 Å². The van der Waals surface area contributed by atoms with E-state index in [1.165, 1.54) is 13.0 Å². The first kappa shape index (κ1) is 11.5. The summed E-state index contributed by atoms with van der Waals surface area (Å²) in [5.41, 5.74) is 5.62. The fourth-order valence-electron chi connectivity index (χ4n) is 1.20. The van der Waals surface area contributed by atoms with E-state index in [4.69, 9.17) is 5.73 Å². The number of halogens is 4. The molecule has 0 aromatic heterocycles. The number of hydrogen-bond donors (Lipinski definition) is 1. The van der Waals surface area contributed by atoms with Crippen molar-refractivity contribution in [1.29, 1.82) is 0 Å². The molecular formula is C9H9BrF3N. The molecule has 1 nitrogen and oxygen atoms in total. The first-order chi connectivity index (χ1) is 6.36. The molecule has 0 saturated heterocycles. The van der Waals surface area contributed by atoms with Crippen molar-refractivity contribution in [2.24, 2.45) is 5.73 Å². The minimum absolute atomic E-state index is 0.196. The molecule has 0 fully saturated rings. The maximum atomic E-state index is 12.4. The summed E-state index contributed by atoms with van der Waals surface area (Å²) in [6.07, 6.45) is -4.31. The second-order valence-corrected chi connectivity index (χ2v) is 3.81. The van der Waals surface area contributed by atoms with Crippen LogP contribution in [0.3, 0.4) is 0 Å². The van der Waals surface area contributed by atoms with Gasteiger partial charge < -0.3 is 5.73 Å². The van der Waals surface area contributed by atoms with Crippen molar-refractivity contribution in [1.82, 2.24) is 0 Å². The molecule has 0 aliphatic heterocycles. The lowest BCUT2D eigenvalue weighted by molar-refractivity contribution is -0.138. The zero-order chi connectivity index (χ0) is 10.9. The molecule has 78 valence electrons. The molecule has 0 aliphatic rings. The lowest BCUT2D eigenvalue weighted by Gasteiger charge is -2.12. The van der Waals surface area contributed by atoms with Crippen molar-refractivity contribution in [2.45, 2.75) is 19.6 Å². The minimum Gasteiger partial charge on any atom is -0.326 e. The third-order valence-corrected chi connectivity index (χ3v) is 2.66. The van der Waals surface area contributed by atoms with E-state index in [0.29, 0.717) is 10.0 Å². The predicted molar refractivity (Wildman–Crippen MR) is 51.8 cm³/mol. The second-order valence-electron chi connectivity index (χ2n) is 2.96. The zero-order valence-corrected chi connectivity index (χ0v) is 9.04. The van der Waals surface area contributed by atoms with Gasteiger partial charge in [-0.15, -0.1) is 0 Å². The van der Waals surface area contributed by atoms with Crippen LogP contribution < -0.4 is 5.73 Å². The number of benzene rings is 1. The highest BCUT2D eigenvalue weighted by atomic mass is 79.9. The molecule has 0 atom stereocenters. The van der Waals surface area contributed by atoms with Crippen LogP contribution >= 0.6 is 15.9 Å². The normalized spacial score (nSPS) is 11.9. The molecule has 1 aromatic rings. The predicted octanol–water partition coefficient (Wildman–Crippen LogP) is 3.24. The molecule has 0 aliphatic carbocycles.